The zero-order chi connectivity index (χ0) is 17.6. The molecule has 0 spiro atoms. The van der Waals surface area contributed by atoms with Crippen LogP contribution in [0.2, 0.25) is 0 Å². The second-order valence-electron chi connectivity index (χ2n) is 5.86. The SMILES string of the molecule is COCCn1c(C)cnc1CCNC(=O)c1ccc2ccccc2n1. The zero-order valence-corrected chi connectivity index (χ0v) is 14.5. The van der Waals surface area contributed by atoms with Crippen molar-refractivity contribution in [2.45, 2.75) is 19.9 Å². The second-order valence-corrected chi connectivity index (χ2v) is 5.86. The number of nitrogens with zero attached hydrogens (tertiary/aromatic N) is 3. The number of fused-ring (bicyclic) bond motifs is 1. The summed E-state index contributed by atoms with van der Waals surface area (Å²) in [6.07, 6.45) is 2.51. The normalized spacial score (nSPS) is 11.0. The van der Waals surface area contributed by atoms with Gasteiger partial charge in [-0.25, -0.2) is 9.97 Å². The largest absolute Gasteiger partial charge is 0.383 e. The van der Waals surface area contributed by atoms with Crippen molar-refractivity contribution >= 4 is 16.8 Å². The van der Waals surface area contributed by atoms with Gasteiger partial charge in [0.2, 0.25) is 0 Å². The minimum Gasteiger partial charge on any atom is -0.383 e. The number of hydrogen-bond donors (Lipinski definition) is 1. The summed E-state index contributed by atoms with van der Waals surface area (Å²) in [5.41, 5.74) is 2.34. The molecule has 0 bridgehead atoms. The molecule has 0 atom stereocenters. The van der Waals surface area contributed by atoms with E-state index in [1.54, 1.807) is 13.2 Å². The average Bonchev–Trinajstić information content (AvgIpc) is 2.99. The number of aryl methyl sites for hydroxylation is 1. The molecular formula is C19H22N4O2. The van der Waals surface area contributed by atoms with Crippen LogP contribution in [0.5, 0.6) is 0 Å². The number of amides is 1. The summed E-state index contributed by atoms with van der Waals surface area (Å²) in [4.78, 5) is 21.2. The number of imidazole rings is 1. The third kappa shape index (κ3) is 4.03. The van der Waals surface area contributed by atoms with Crippen LogP contribution in [-0.2, 0) is 17.7 Å². The Morgan fingerprint density at radius 2 is 2.08 bits per heavy atom. The van der Waals surface area contributed by atoms with Gasteiger partial charge in [-0.05, 0) is 19.1 Å². The summed E-state index contributed by atoms with van der Waals surface area (Å²) in [7, 11) is 1.68. The quantitative estimate of drug-likeness (QED) is 0.718. The van der Waals surface area contributed by atoms with Gasteiger partial charge in [-0.15, -0.1) is 0 Å². The first-order chi connectivity index (χ1) is 12.2. The molecule has 3 aromatic rings. The predicted molar refractivity (Wildman–Crippen MR) is 96.6 cm³/mol. The summed E-state index contributed by atoms with van der Waals surface area (Å²) >= 11 is 0. The second kappa shape index (κ2) is 7.90. The summed E-state index contributed by atoms with van der Waals surface area (Å²) in [6, 6.07) is 11.4. The van der Waals surface area contributed by atoms with E-state index in [0.29, 0.717) is 25.3 Å². The van der Waals surface area contributed by atoms with Gasteiger partial charge < -0.3 is 14.6 Å². The first-order valence-electron chi connectivity index (χ1n) is 8.33. The number of para-hydroxylation sites is 1. The number of nitrogens with one attached hydrogen (secondary N) is 1. The van der Waals surface area contributed by atoms with Crippen molar-refractivity contribution in [3.05, 3.63) is 59.8 Å². The molecule has 6 heteroatoms. The Labute approximate surface area is 146 Å². The topological polar surface area (TPSA) is 69.0 Å². The van der Waals surface area contributed by atoms with Crippen molar-refractivity contribution in [2.24, 2.45) is 0 Å². The molecule has 6 nitrogen and oxygen atoms in total. The van der Waals surface area contributed by atoms with Crippen LogP contribution < -0.4 is 5.32 Å². The summed E-state index contributed by atoms with van der Waals surface area (Å²) in [5, 5.41) is 3.94. The molecule has 2 aromatic heterocycles. The lowest BCUT2D eigenvalue weighted by molar-refractivity contribution is 0.0949. The van der Waals surface area contributed by atoms with E-state index >= 15 is 0 Å². The molecule has 3 rings (SSSR count). The zero-order valence-electron chi connectivity index (χ0n) is 14.5. The molecule has 1 amide bonds. The molecule has 130 valence electrons. The van der Waals surface area contributed by atoms with Gasteiger partial charge in [0, 0.05) is 43.9 Å². The number of hydrogen-bond acceptors (Lipinski definition) is 4. The predicted octanol–water partition coefficient (Wildman–Crippen LogP) is 2.36. The van der Waals surface area contributed by atoms with Crippen LogP contribution in [0.25, 0.3) is 10.9 Å². The Balaban J connectivity index is 1.60. The van der Waals surface area contributed by atoms with E-state index in [1.807, 2.05) is 43.5 Å². The van der Waals surface area contributed by atoms with E-state index in [9.17, 15) is 4.79 Å². The van der Waals surface area contributed by atoms with Crippen LogP contribution in [0.3, 0.4) is 0 Å². The Bertz CT molecular complexity index is 873. The molecule has 0 radical (unpaired) electrons. The number of methoxy groups -OCH3 is 1. The fourth-order valence-electron chi connectivity index (χ4n) is 2.77. The molecule has 1 aromatic carbocycles. The van der Waals surface area contributed by atoms with Gasteiger partial charge in [-0.1, -0.05) is 24.3 Å². The van der Waals surface area contributed by atoms with Crippen molar-refractivity contribution in [2.75, 3.05) is 20.3 Å². The third-order valence-corrected chi connectivity index (χ3v) is 4.12. The molecule has 0 unspecified atom stereocenters. The maximum Gasteiger partial charge on any atom is 0.269 e. The lowest BCUT2D eigenvalue weighted by Crippen LogP contribution is -2.27. The molecule has 0 aliphatic rings. The molecule has 1 N–H and O–H groups in total. The summed E-state index contributed by atoms with van der Waals surface area (Å²) in [5.74, 6) is 0.777. The number of benzene rings is 1. The van der Waals surface area contributed by atoms with Gasteiger partial charge in [0.1, 0.15) is 11.5 Å². The van der Waals surface area contributed by atoms with Crippen molar-refractivity contribution in [3.8, 4) is 0 Å². The fourth-order valence-corrected chi connectivity index (χ4v) is 2.77. The minimum atomic E-state index is -0.169. The van der Waals surface area contributed by atoms with E-state index in [-0.39, 0.29) is 5.91 Å². The van der Waals surface area contributed by atoms with Gasteiger partial charge >= 0.3 is 0 Å². The minimum absolute atomic E-state index is 0.169. The van der Waals surface area contributed by atoms with Gasteiger partial charge in [0.15, 0.2) is 0 Å². The highest BCUT2D eigenvalue weighted by molar-refractivity contribution is 5.94. The smallest absolute Gasteiger partial charge is 0.269 e. The van der Waals surface area contributed by atoms with E-state index in [4.69, 9.17) is 4.74 Å². The summed E-state index contributed by atoms with van der Waals surface area (Å²) < 4.78 is 7.25. The maximum atomic E-state index is 12.3. The van der Waals surface area contributed by atoms with Crippen LogP contribution in [0.15, 0.2) is 42.6 Å². The highest BCUT2D eigenvalue weighted by Gasteiger charge is 2.10. The van der Waals surface area contributed by atoms with Gasteiger partial charge in [-0.3, -0.25) is 4.79 Å². The summed E-state index contributed by atoms with van der Waals surface area (Å²) in [6.45, 7) is 3.93. The molecule has 0 aliphatic heterocycles. The highest BCUT2D eigenvalue weighted by Crippen LogP contribution is 2.11. The first-order valence-corrected chi connectivity index (χ1v) is 8.33. The molecule has 0 aliphatic carbocycles. The van der Waals surface area contributed by atoms with Crippen molar-refractivity contribution in [1.29, 1.82) is 0 Å². The maximum absolute atomic E-state index is 12.3. The third-order valence-electron chi connectivity index (χ3n) is 4.12. The van der Waals surface area contributed by atoms with Gasteiger partial charge in [0.25, 0.3) is 5.91 Å². The number of aromatic nitrogens is 3. The molecular weight excluding hydrogens is 316 g/mol. The molecule has 0 saturated carbocycles. The Morgan fingerprint density at radius 3 is 2.92 bits per heavy atom. The van der Waals surface area contributed by atoms with Crippen LogP contribution in [0, 0.1) is 6.92 Å². The highest BCUT2D eigenvalue weighted by atomic mass is 16.5. The van der Waals surface area contributed by atoms with E-state index < -0.39 is 0 Å². The van der Waals surface area contributed by atoms with Crippen LogP contribution >= 0.6 is 0 Å². The van der Waals surface area contributed by atoms with E-state index in [2.05, 4.69) is 19.9 Å². The first kappa shape index (κ1) is 17.1. The van der Waals surface area contributed by atoms with E-state index in [1.165, 1.54) is 0 Å². The standard InChI is InChI=1S/C19H22N4O2/c1-14-13-21-18(23(14)11-12-25-2)9-10-20-19(24)17-8-7-15-5-3-4-6-16(15)22-17/h3-8,13H,9-12H2,1-2H3,(H,20,24). The molecule has 0 saturated heterocycles. The Hall–Kier alpha value is -2.73. The number of carbonyl (C=O) groups excluding carboxylic acids is 1. The van der Waals surface area contributed by atoms with Gasteiger partial charge in [0.05, 0.1) is 12.1 Å². The van der Waals surface area contributed by atoms with Crippen LogP contribution in [0.1, 0.15) is 22.0 Å². The average molecular weight is 338 g/mol. The monoisotopic (exact) mass is 338 g/mol. The number of pyridine rings is 1. The fraction of sp³-hybridized carbons (Fsp3) is 0.316. The van der Waals surface area contributed by atoms with Crippen LogP contribution in [0.4, 0.5) is 0 Å². The van der Waals surface area contributed by atoms with Gasteiger partial charge in [-0.2, -0.15) is 0 Å². The lowest BCUT2D eigenvalue weighted by atomic mass is 10.2. The van der Waals surface area contributed by atoms with E-state index in [0.717, 1.165) is 29.0 Å². The van der Waals surface area contributed by atoms with Crippen LogP contribution in [-0.4, -0.2) is 40.7 Å². The Kier molecular flexibility index (Phi) is 5.40. The molecule has 2 heterocycles. The lowest BCUT2D eigenvalue weighted by Gasteiger charge is -2.10. The van der Waals surface area contributed by atoms with Crippen molar-refractivity contribution < 1.29 is 9.53 Å². The Morgan fingerprint density at radius 1 is 1.24 bits per heavy atom. The van der Waals surface area contributed by atoms with Crippen molar-refractivity contribution in [3.63, 3.8) is 0 Å². The van der Waals surface area contributed by atoms with Crippen molar-refractivity contribution in [1.82, 2.24) is 19.9 Å². The number of carbonyl (C=O) groups is 1. The molecule has 0 fully saturated rings. The molecule has 25 heavy (non-hydrogen) atoms. The number of rotatable bonds is 7. The number of ether oxygens (including phenoxy) is 1.